The first kappa shape index (κ1) is 15.0. The number of carbonyl (C=O) groups is 2. The van der Waals surface area contributed by atoms with Crippen LogP contribution in [0.25, 0.3) is 11.0 Å². The number of nitrogens with zero attached hydrogens (tertiary/aromatic N) is 1. The normalized spacial score (nSPS) is 12.2. The fourth-order valence-electron chi connectivity index (χ4n) is 2.17. The van der Waals surface area contributed by atoms with Crippen molar-refractivity contribution in [1.29, 1.82) is 0 Å². The van der Waals surface area contributed by atoms with E-state index in [2.05, 4.69) is 15.3 Å². The third-order valence-electron chi connectivity index (χ3n) is 3.24. The molecule has 2 aromatic rings. The number of benzene rings is 1. The molecule has 1 aromatic carbocycles. The summed E-state index contributed by atoms with van der Waals surface area (Å²) < 4.78 is 0. The zero-order valence-corrected chi connectivity index (χ0v) is 11.9. The number of carboxylic acids is 1. The lowest BCUT2D eigenvalue weighted by Gasteiger charge is -2.12. The van der Waals surface area contributed by atoms with Gasteiger partial charge in [0.1, 0.15) is 11.9 Å². The lowest BCUT2D eigenvalue weighted by atomic mass is 10.1. The third kappa shape index (κ3) is 4.05. The molecule has 21 heavy (non-hydrogen) atoms. The Labute approximate surface area is 122 Å². The lowest BCUT2D eigenvalue weighted by molar-refractivity contribution is -0.142. The monoisotopic (exact) mass is 289 g/mol. The maximum atomic E-state index is 11.8. The van der Waals surface area contributed by atoms with Crippen molar-refractivity contribution in [2.75, 3.05) is 0 Å². The van der Waals surface area contributed by atoms with E-state index in [-0.39, 0.29) is 12.3 Å². The number of aliphatic carboxylic acids is 1. The molecule has 0 aliphatic heterocycles. The minimum atomic E-state index is -0.992. The van der Waals surface area contributed by atoms with Crippen molar-refractivity contribution >= 4 is 22.9 Å². The van der Waals surface area contributed by atoms with Crippen LogP contribution in [-0.4, -0.2) is 33.0 Å². The van der Waals surface area contributed by atoms with Crippen LogP contribution in [0, 0.1) is 0 Å². The summed E-state index contributed by atoms with van der Waals surface area (Å²) >= 11 is 0. The van der Waals surface area contributed by atoms with Crippen LogP contribution in [0.3, 0.4) is 0 Å². The molecule has 112 valence electrons. The van der Waals surface area contributed by atoms with E-state index in [0.717, 1.165) is 16.9 Å². The van der Waals surface area contributed by atoms with E-state index in [1.54, 1.807) is 0 Å². The van der Waals surface area contributed by atoms with Crippen molar-refractivity contribution in [3.05, 3.63) is 30.1 Å². The molecule has 0 unspecified atom stereocenters. The molecule has 0 spiro atoms. The van der Waals surface area contributed by atoms with Gasteiger partial charge < -0.3 is 15.4 Å². The number of hydrogen-bond acceptors (Lipinski definition) is 3. The number of aryl methyl sites for hydroxylation is 1. The van der Waals surface area contributed by atoms with Crippen LogP contribution in [0.1, 0.15) is 32.0 Å². The molecule has 0 aliphatic carbocycles. The van der Waals surface area contributed by atoms with Gasteiger partial charge in [-0.25, -0.2) is 9.78 Å². The average Bonchev–Trinajstić information content (AvgIpc) is 2.87. The van der Waals surface area contributed by atoms with Gasteiger partial charge in [0.05, 0.1) is 11.0 Å². The number of carboxylic acid groups (broad SMARTS) is 1. The SMILES string of the molecule is CCC[C@H](NC(=O)CCc1nc2ccccc2[nH]1)C(=O)O. The molecule has 1 heterocycles. The Morgan fingerprint density at radius 2 is 2.14 bits per heavy atom. The Hall–Kier alpha value is -2.37. The number of imidazole rings is 1. The van der Waals surface area contributed by atoms with Gasteiger partial charge in [-0.2, -0.15) is 0 Å². The van der Waals surface area contributed by atoms with Crippen molar-refractivity contribution in [2.24, 2.45) is 0 Å². The van der Waals surface area contributed by atoms with E-state index < -0.39 is 12.0 Å². The molecule has 0 saturated carbocycles. The molecule has 6 heteroatoms. The van der Waals surface area contributed by atoms with E-state index in [4.69, 9.17) is 5.11 Å². The Kier molecular flexibility index (Phi) is 4.92. The molecule has 3 N–H and O–H groups in total. The molecule has 1 amide bonds. The zero-order valence-electron chi connectivity index (χ0n) is 11.9. The maximum Gasteiger partial charge on any atom is 0.326 e. The Morgan fingerprint density at radius 3 is 2.81 bits per heavy atom. The number of nitrogens with one attached hydrogen (secondary N) is 2. The number of para-hydroxylation sites is 2. The quantitative estimate of drug-likeness (QED) is 0.725. The van der Waals surface area contributed by atoms with Crippen LogP contribution in [0.15, 0.2) is 24.3 Å². The second-order valence-corrected chi connectivity index (χ2v) is 4.95. The third-order valence-corrected chi connectivity index (χ3v) is 3.24. The fraction of sp³-hybridized carbons (Fsp3) is 0.400. The van der Waals surface area contributed by atoms with Crippen LogP contribution in [0.4, 0.5) is 0 Å². The number of aromatic amines is 1. The minimum Gasteiger partial charge on any atom is -0.480 e. The van der Waals surface area contributed by atoms with E-state index in [1.807, 2.05) is 31.2 Å². The Morgan fingerprint density at radius 1 is 1.38 bits per heavy atom. The summed E-state index contributed by atoms with van der Waals surface area (Å²) in [5.74, 6) is -0.529. The summed E-state index contributed by atoms with van der Waals surface area (Å²) in [5, 5.41) is 11.5. The first-order valence-electron chi connectivity index (χ1n) is 7.06. The first-order valence-corrected chi connectivity index (χ1v) is 7.06. The number of fused-ring (bicyclic) bond motifs is 1. The number of hydrogen-bond donors (Lipinski definition) is 3. The van der Waals surface area contributed by atoms with Crippen LogP contribution < -0.4 is 5.32 Å². The lowest BCUT2D eigenvalue weighted by Crippen LogP contribution is -2.40. The molecule has 1 atom stereocenters. The second-order valence-electron chi connectivity index (χ2n) is 4.95. The highest BCUT2D eigenvalue weighted by atomic mass is 16.4. The zero-order chi connectivity index (χ0) is 15.2. The molecular formula is C15H19N3O3. The van der Waals surface area contributed by atoms with Gasteiger partial charge >= 0.3 is 5.97 Å². The molecular weight excluding hydrogens is 270 g/mol. The van der Waals surface area contributed by atoms with E-state index in [0.29, 0.717) is 19.3 Å². The number of amides is 1. The smallest absolute Gasteiger partial charge is 0.326 e. The molecule has 1 aromatic heterocycles. The van der Waals surface area contributed by atoms with Gasteiger partial charge in [-0.15, -0.1) is 0 Å². The topological polar surface area (TPSA) is 95.1 Å². The van der Waals surface area contributed by atoms with Gasteiger partial charge in [0, 0.05) is 12.8 Å². The number of rotatable bonds is 7. The fourth-order valence-corrected chi connectivity index (χ4v) is 2.17. The number of carbonyl (C=O) groups excluding carboxylic acids is 1. The highest BCUT2D eigenvalue weighted by Crippen LogP contribution is 2.11. The van der Waals surface area contributed by atoms with E-state index >= 15 is 0 Å². The summed E-state index contributed by atoms with van der Waals surface area (Å²) in [6, 6.07) is 6.84. The van der Waals surface area contributed by atoms with Crippen molar-refractivity contribution in [2.45, 2.75) is 38.6 Å². The first-order chi connectivity index (χ1) is 10.1. The second kappa shape index (κ2) is 6.88. The number of H-pyrrole nitrogens is 1. The van der Waals surface area contributed by atoms with Crippen molar-refractivity contribution in [1.82, 2.24) is 15.3 Å². The summed E-state index contributed by atoms with van der Waals surface area (Å²) in [5.41, 5.74) is 1.80. The van der Waals surface area contributed by atoms with E-state index in [9.17, 15) is 9.59 Å². The van der Waals surface area contributed by atoms with Gasteiger partial charge in [0.25, 0.3) is 0 Å². The minimum absolute atomic E-state index is 0.216. The van der Waals surface area contributed by atoms with E-state index in [1.165, 1.54) is 0 Å². The predicted molar refractivity (Wildman–Crippen MR) is 78.9 cm³/mol. The predicted octanol–water partition coefficient (Wildman–Crippen LogP) is 1.86. The summed E-state index contributed by atoms with van der Waals surface area (Å²) in [4.78, 5) is 30.3. The molecule has 0 aliphatic rings. The molecule has 2 rings (SSSR count). The molecule has 0 fully saturated rings. The van der Waals surface area contributed by atoms with Crippen molar-refractivity contribution in [3.63, 3.8) is 0 Å². The maximum absolute atomic E-state index is 11.8. The molecule has 6 nitrogen and oxygen atoms in total. The summed E-state index contributed by atoms with van der Waals surface area (Å²) in [7, 11) is 0. The van der Waals surface area contributed by atoms with Gasteiger partial charge in [-0.1, -0.05) is 25.5 Å². The van der Waals surface area contributed by atoms with Gasteiger partial charge in [0.15, 0.2) is 0 Å². The number of aromatic nitrogens is 2. The van der Waals surface area contributed by atoms with Crippen LogP contribution >= 0.6 is 0 Å². The average molecular weight is 289 g/mol. The van der Waals surface area contributed by atoms with Crippen LogP contribution in [-0.2, 0) is 16.0 Å². The largest absolute Gasteiger partial charge is 0.480 e. The van der Waals surface area contributed by atoms with Gasteiger partial charge in [-0.05, 0) is 18.6 Å². The summed E-state index contributed by atoms with van der Waals surface area (Å²) in [6.07, 6.45) is 1.82. The van der Waals surface area contributed by atoms with Crippen molar-refractivity contribution < 1.29 is 14.7 Å². The molecule has 0 bridgehead atoms. The van der Waals surface area contributed by atoms with Crippen LogP contribution in [0.5, 0.6) is 0 Å². The molecule has 0 radical (unpaired) electrons. The van der Waals surface area contributed by atoms with Crippen LogP contribution in [0.2, 0.25) is 0 Å². The standard InChI is InChI=1S/C15H19N3O3/c1-2-5-12(15(20)21)18-14(19)9-8-13-16-10-6-3-4-7-11(10)17-13/h3-4,6-7,12H,2,5,8-9H2,1H3,(H,16,17)(H,18,19)(H,20,21)/t12-/m0/s1. The van der Waals surface area contributed by atoms with Gasteiger partial charge in [0.2, 0.25) is 5.91 Å². The highest BCUT2D eigenvalue weighted by molar-refractivity contribution is 5.83. The Balaban J connectivity index is 1.89. The molecule has 0 saturated heterocycles. The van der Waals surface area contributed by atoms with Gasteiger partial charge in [-0.3, -0.25) is 4.79 Å². The summed E-state index contributed by atoms with van der Waals surface area (Å²) in [6.45, 7) is 1.89. The Bertz CT molecular complexity index is 603. The highest BCUT2D eigenvalue weighted by Gasteiger charge is 2.18. The van der Waals surface area contributed by atoms with Crippen molar-refractivity contribution in [3.8, 4) is 0 Å².